The summed E-state index contributed by atoms with van der Waals surface area (Å²) in [6.07, 6.45) is 5.36. The van der Waals surface area contributed by atoms with Gasteiger partial charge in [0.25, 0.3) is 0 Å². The molecule has 2 aromatic carbocycles. The molecule has 1 aliphatic heterocycles. The summed E-state index contributed by atoms with van der Waals surface area (Å²) >= 11 is 0. The molecule has 0 aliphatic carbocycles. The molecule has 0 bridgehead atoms. The number of nitrogens with one attached hydrogen (secondary N) is 2. The summed E-state index contributed by atoms with van der Waals surface area (Å²) in [5, 5.41) is 6.07. The molecule has 0 spiro atoms. The first-order chi connectivity index (χ1) is 14.6. The lowest BCUT2D eigenvalue weighted by Gasteiger charge is -2.32. The monoisotopic (exact) mass is 407 g/mol. The van der Waals surface area contributed by atoms with Crippen molar-refractivity contribution in [1.82, 2.24) is 10.2 Å². The van der Waals surface area contributed by atoms with Crippen LogP contribution in [0.25, 0.3) is 0 Å². The minimum absolute atomic E-state index is 0.0190. The van der Waals surface area contributed by atoms with Crippen LogP contribution < -0.4 is 10.6 Å². The van der Waals surface area contributed by atoms with Crippen LogP contribution in [-0.4, -0.2) is 36.5 Å². The first-order valence-electron chi connectivity index (χ1n) is 11.0. The van der Waals surface area contributed by atoms with Gasteiger partial charge in [-0.1, -0.05) is 48.5 Å². The highest BCUT2D eigenvalue weighted by atomic mass is 16.2. The number of urea groups is 1. The van der Waals surface area contributed by atoms with Crippen LogP contribution in [0.4, 0.5) is 10.5 Å². The van der Waals surface area contributed by atoms with Crippen molar-refractivity contribution < 1.29 is 9.59 Å². The van der Waals surface area contributed by atoms with Crippen LogP contribution in [0.2, 0.25) is 0 Å². The number of para-hydroxylation sites is 1. The molecule has 0 radical (unpaired) electrons. The molecule has 1 saturated heterocycles. The maximum atomic E-state index is 12.5. The Kier molecular flexibility index (Phi) is 8.30. The molecule has 3 amide bonds. The van der Waals surface area contributed by atoms with Gasteiger partial charge in [0, 0.05) is 31.7 Å². The number of likely N-dealkylation sites (tertiary alicyclic amines) is 1. The summed E-state index contributed by atoms with van der Waals surface area (Å²) in [4.78, 5) is 26.4. The summed E-state index contributed by atoms with van der Waals surface area (Å²) < 4.78 is 0. The predicted molar refractivity (Wildman–Crippen MR) is 122 cm³/mol. The second-order valence-corrected chi connectivity index (χ2v) is 8.15. The van der Waals surface area contributed by atoms with E-state index < -0.39 is 0 Å². The van der Waals surface area contributed by atoms with Gasteiger partial charge in [-0.15, -0.1) is 0 Å². The zero-order chi connectivity index (χ0) is 21.2. The van der Waals surface area contributed by atoms with Gasteiger partial charge < -0.3 is 15.5 Å². The molecule has 1 fully saturated rings. The average molecular weight is 408 g/mol. The smallest absolute Gasteiger partial charge is 0.321 e. The number of benzene rings is 2. The highest BCUT2D eigenvalue weighted by Crippen LogP contribution is 2.21. The number of hydrogen-bond donors (Lipinski definition) is 2. The van der Waals surface area contributed by atoms with E-state index in [0.29, 0.717) is 12.3 Å². The van der Waals surface area contributed by atoms with Gasteiger partial charge in [0.1, 0.15) is 0 Å². The van der Waals surface area contributed by atoms with Crippen LogP contribution in [0.1, 0.15) is 43.2 Å². The number of hydrogen-bond acceptors (Lipinski definition) is 2. The van der Waals surface area contributed by atoms with Gasteiger partial charge in [-0.05, 0) is 62.1 Å². The number of carbonyl (C=O) groups is 2. The molecule has 30 heavy (non-hydrogen) atoms. The van der Waals surface area contributed by atoms with Crippen LogP contribution in [0, 0.1) is 12.8 Å². The molecule has 0 aromatic heterocycles. The van der Waals surface area contributed by atoms with Crippen LogP contribution in [-0.2, 0) is 11.2 Å². The fourth-order valence-electron chi connectivity index (χ4n) is 3.93. The van der Waals surface area contributed by atoms with Crippen LogP contribution in [0.5, 0.6) is 0 Å². The third-order valence-corrected chi connectivity index (χ3v) is 5.88. The molecule has 2 N–H and O–H groups in total. The minimum atomic E-state index is -0.0190. The summed E-state index contributed by atoms with van der Waals surface area (Å²) in [6, 6.07) is 18.1. The second-order valence-electron chi connectivity index (χ2n) is 8.15. The normalized spacial score (nSPS) is 14.4. The lowest BCUT2D eigenvalue weighted by atomic mass is 9.93. The van der Waals surface area contributed by atoms with Crippen LogP contribution in [0.3, 0.4) is 0 Å². The van der Waals surface area contributed by atoms with Gasteiger partial charge in [0.2, 0.25) is 5.91 Å². The SMILES string of the molecule is Cc1ccccc1NC(=O)N1CCC(CCNC(=O)CCCc2ccccc2)CC1. The van der Waals surface area contributed by atoms with Crippen molar-refractivity contribution in [2.24, 2.45) is 5.92 Å². The molecule has 2 aromatic rings. The summed E-state index contributed by atoms with van der Waals surface area (Å²) in [6.45, 7) is 4.27. The Labute approximate surface area is 179 Å². The Bertz CT molecular complexity index is 814. The fourth-order valence-corrected chi connectivity index (χ4v) is 3.93. The van der Waals surface area contributed by atoms with Gasteiger partial charge in [-0.3, -0.25) is 4.79 Å². The van der Waals surface area contributed by atoms with E-state index in [0.717, 1.165) is 63.0 Å². The molecule has 1 heterocycles. The van der Waals surface area contributed by atoms with Crippen molar-refractivity contribution in [3.05, 3.63) is 65.7 Å². The molecule has 160 valence electrons. The molecule has 0 unspecified atom stereocenters. The van der Waals surface area contributed by atoms with E-state index in [1.807, 2.05) is 54.3 Å². The van der Waals surface area contributed by atoms with Crippen molar-refractivity contribution in [1.29, 1.82) is 0 Å². The second kappa shape index (κ2) is 11.4. The Morgan fingerprint density at radius 3 is 2.43 bits per heavy atom. The van der Waals surface area contributed by atoms with E-state index in [1.54, 1.807) is 0 Å². The number of aryl methyl sites for hydroxylation is 2. The Morgan fingerprint density at radius 2 is 1.70 bits per heavy atom. The van der Waals surface area contributed by atoms with Gasteiger partial charge in [0.05, 0.1) is 0 Å². The zero-order valence-electron chi connectivity index (χ0n) is 17.9. The van der Waals surface area contributed by atoms with Crippen molar-refractivity contribution in [3.8, 4) is 0 Å². The van der Waals surface area contributed by atoms with Crippen molar-refractivity contribution in [2.45, 2.75) is 45.4 Å². The molecule has 5 heteroatoms. The molecular formula is C25H33N3O2. The van der Waals surface area contributed by atoms with E-state index in [1.165, 1.54) is 5.56 Å². The Balaban J connectivity index is 1.28. The predicted octanol–water partition coefficient (Wildman–Crippen LogP) is 4.77. The maximum Gasteiger partial charge on any atom is 0.321 e. The van der Waals surface area contributed by atoms with E-state index in [2.05, 4.69) is 22.8 Å². The molecule has 5 nitrogen and oxygen atoms in total. The molecule has 1 aliphatic rings. The van der Waals surface area contributed by atoms with Crippen molar-refractivity contribution in [3.63, 3.8) is 0 Å². The van der Waals surface area contributed by atoms with E-state index in [-0.39, 0.29) is 11.9 Å². The minimum Gasteiger partial charge on any atom is -0.356 e. The van der Waals surface area contributed by atoms with Crippen molar-refractivity contribution >= 4 is 17.6 Å². The van der Waals surface area contributed by atoms with Gasteiger partial charge in [-0.2, -0.15) is 0 Å². The molecule has 0 atom stereocenters. The quantitative estimate of drug-likeness (QED) is 0.662. The molecule has 3 rings (SSSR count). The van der Waals surface area contributed by atoms with Gasteiger partial charge in [0.15, 0.2) is 0 Å². The van der Waals surface area contributed by atoms with E-state index in [4.69, 9.17) is 0 Å². The number of rotatable bonds is 8. The number of anilines is 1. The molecule has 0 saturated carbocycles. The Morgan fingerprint density at radius 1 is 1.00 bits per heavy atom. The summed E-state index contributed by atoms with van der Waals surface area (Å²) in [5.41, 5.74) is 3.23. The summed E-state index contributed by atoms with van der Waals surface area (Å²) in [7, 11) is 0. The Hall–Kier alpha value is -2.82. The van der Waals surface area contributed by atoms with Crippen LogP contribution >= 0.6 is 0 Å². The van der Waals surface area contributed by atoms with Crippen molar-refractivity contribution in [2.75, 3.05) is 25.0 Å². The topological polar surface area (TPSA) is 61.4 Å². The largest absolute Gasteiger partial charge is 0.356 e. The third-order valence-electron chi connectivity index (χ3n) is 5.88. The first-order valence-corrected chi connectivity index (χ1v) is 11.0. The fraction of sp³-hybridized carbons (Fsp3) is 0.440. The molecular weight excluding hydrogens is 374 g/mol. The van der Waals surface area contributed by atoms with Gasteiger partial charge >= 0.3 is 6.03 Å². The number of carbonyl (C=O) groups excluding carboxylic acids is 2. The number of nitrogens with zero attached hydrogens (tertiary/aromatic N) is 1. The highest BCUT2D eigenvalue weighted by molar-refractivity contribution is 5.90. The van der Waals surface area contributed by atoms with Crippen LogP contribution in [0.15, 0.2) is 54.6 Å². The maximum absolute atomic E-state index is 12.5. The van der Waals surface area contributed by atoms with E-state index >= 15 is 0 Å². The van der Waals surface area contributed by atoms with Gasteiger partial charge in [-0.25, -0.2) is 4.79 Å². The number of amides is 3. The lowest BCUT2D eigenvalue weighted by molar-refractivity contribution is -0.121. The standard InChI is InChI=1S/C25H33N3O2/c1-20-8-5-6-12-23(20)27-25(30)28-18-15-22(16-19-28)14-17-26-24(29)13-7-11-21-9-3-2-4-10-21/h2-6,8-10,12,22H,7,11,13-19H2,1H3,(H,26,29)(H,27,30). The number of piperidine rings is 1. The van der Waals surface area contributed by atoms with E-state index in [9.17, 15) is 9.59 Å². The average Bonchev–Trinajstić information content (AvgIpc) is 2.76. The first kappa shape index (κ1) is 21.9. The third kappa shape index (κ3) is 6.90. The highest BCUT2D eigenvalue weighted by Gasteiger charge is 2.23. The zero-order valence-corrected chi connectivity index (χ0v) is 17.9. The lowest BCUT2D eigenvalue weighted by Crippen LogP contribution is -2.41. The summed E-state index contributed by atoms with van der Waals surface area (Å²) in [5.74, 6) is 0.707.